The number of H-pyrrole nitrogens is 1. The van der Waals surface area contributed by atoms with E-state index in [9.17, 15) is 9.90 Å². The van der Waals surface area contributed by atoms with Gasteiger partial charge in [0.15, 0.2) is 0 Å². The van der Waals surface area contributed by atoms with Gasteiger partial charge in [0, 0.05) is 19.2 Å². The first-order valence-electron chi connectivity index (χ1n) is 11.9. The van der Waals surface area contributed by atoms with E-state index in [2.05, 4.69) is 52.0 Å². The van der Waals surface area contributed by atoms with Crippen molar-refractivity contribution in [2.24, 2.45) is 27.0 Å². The molecule has 2 aromatic rings. The van der Waals surface area contributed by atoms with Crippen molar-refractivity contribution >= 4 is 29.2 Å². The van der Waals surface area contributed by atoms with E-state index in [-0.39, 0.29) is 11.8 Å². The van der Waals surface area contributed by atoms with Crippen LogP contribution in [0.1, 0.15) is 58.0 Å². The molecule has 1 aromatic carbocycles. The number of aromatic amines is 1. The zero-order chi connectivity index (χ0) is 24.9. The maximum absolute atomic E-state index is 12.8. The first-order valence-corrected chi connectivity index (χ1v) is 11.9. The average molecular weight is 465 g/mol. The molecule has 0 fully saturated rings. The number of carbonyl (C=O) groups is 1. The summed E-state index contributed by atoms with van der Waals surface area (Å²) in [6.45, 7) is 12.8. The smallest absolute Gasteiger partial charge is 0.271 e. The van der Waals surface area contributed by atoms with Crippen LogP contribution >= 0.6 is 0 Å². The maximum Gasteiger partial charge on any atom is 0.271 e. The molecule has 2 N–H and O–H groups in total. The molecule has 2 aliphatic rings. The number of aryl methyl sites for hydroxylation is 1. The molecular formula is C26H36N6O2. The van der Waals surface area contributed by atoms with Crippen LogP contribution in [0.4, 0.5) is 5.69 Å². The zero-order valence-electron chi connectivity index (χ0n) is 21.0. The van der Waals surface area contributed by atoms with Gasteiger partial charge in [0.05, 0.1) is 47.2 Å². The fourth-order valence-corrected chi connectivity index (χ4v) is 3.99. The highest BCUT2D eigenvalue weighted by Gasteiger charge is 2.40. The Morgan fingerprint density at radius 3 is 2.71 bits per heavy atom. The van der Waals surface area contributed by atoms with Crippen LogP contribution in [0.2, 0.25) is 0 Å². The van der Waals surface area contributed by atoms with Crippen LogP contribution in [0, 0.1) is 18.8 Å². The summed E-state index contributed by atoms with van der Waals surface area (Å²) >= 11 is 0. The van der Waals surface area contributed by atoms with Gasteiger partial charge in [-0.2, -0.15) is 5.10 Å². The quantitative estimate of drug-likeness (QED) is 0.646. The number of rotatable bonds is 5. The summed E-state index contributed by atoms with van der Waals surface area (Å²) in [5.41, 5.74) is 4.25. The molecule has 1 amide bonds. The lowest BCUT2D eigenvalue weighted by Crippen LogP contribution is -2.45. The van der Waals surface area contributed by atoms with E-state index in [0.29, 0.717) is 36.9 Å². The van der Waals surface area contributed by atoms with Gasteiger partial charge in [-0.25, -0.2) is 4.98 Å². The summed E-state index contributed by atoms with van der Waals surface area (Å²) in [6, 6.07) is 8.16. The van der Waals surface area contributed by atoms with Crippen molar-refractivity contribution in [3.05, 3.63) is 47.5 Å². The van der Waals surface area contributed by atoms with Gasteiger partial charge < -0.3 is 15.0 Å². The molecule has 34 heavy (non-hydrogen) atoms. The molecule has 2 aliphatic heterocycles. The lowest BCUT2D eigenvalue weighted by Gasteiger charge is -2.28. The van der Waals surface area contributed by atoms with Crippen LogP contribution in [0.5, 0.6) is 0 Å². The number of amides is 1. The number of hydrogen-bond acceptors (Lipinski definition) is 6. The summed E-state index contributed by atoms with van der Waals surface area (Å²) in [5, 5.41) is 18.3. The maximum atomic E-state index is 12.8. The Labute approximate surface area is 201 Å². The predicted molar refractivity (Wildman–Crippen MR) is 137 cm³/mol. The minimum atomic E-state index is -1.06. The Bertz CT molecular complexity index is 1090. The van der Waals surface area contributed by atoms with Crippen LogP contribution in [0.25, 0.3) is 0 Å². The lowest BCUT2D eigenvalue weighted by molar-refractivity contribution is -0.125. The molecule has 0 spiro atoms. The van der Waals surface area contributed by atoms with Gasteiger partial charge in [-0.3, -0.25) is 9.79 Å². The largest absolute Gasteiger partial charge is 0.384 e. The molecule has 1 unspecified atom stereocenters. The number of imidazole rings is 1. The van der Waals surface area contributed by atoms with E-state index in [0.717, 1.165) is 23.5 Å². The van der Waals surface area contributed by atoms with Crippen LogP contribution in [0.15, 0.2) is 45.8 Å². The molecule has 4 rings (SSSR count). The van der Waals surface area contributed by atoms with Crippen molar-refractivity contribution in [3.8, 4) is 0 Å². The summed E-state index contributed by atoms with van der Waals surface area (Å²) in [6.07, 6.45) is 5.07. The van der Waals surface area contributed by atoms with E-state index >= 15 is 0 Å². The molecule has 0 radical (unpaired) electrons. The minimum Gasteiger partial charge on any atom is -0.384 e. The molecule has 1 atom stereocenters. The Balaban J connectivity index is 0.000000229. The SMILES string of the molecule is CCC1C(C(=O)N2CCc3nc[nH]c3C2)=NN=C1C(C)(C)O.Cc1ccccc1N=CC(C)C. The van der Waals surface area contributed by atoms with Crippen molar-refractivity contribution in [2.75, 3.05) is 6.54 Å². The second-order valence-electron chi connectivity index (χ2n) is 9.60. The number of fused-ring (bicyclic) bond motifs is 1. The van der Waals surface area contributed by atoms with Crippen molar-refractivity contribution in [2.45, 2.75) is 66.5 Å². The molecule has 0 bridgehead atoms. The molecule has 3 heterocycles. The van der Waals surface area contributed by atoms with Gasteiger partial charge in [0.1, 0.15) is 5.71 Å². The van der Waals surface area contributed by atoms with E-state index in [1.807, 2.05) is 31.3 Å². The van der Waals surface area contributed by atoms with Gasteiger partial charge in [-0.15, -0.1) is 5.10 Å². The molecule has 0 saturated carbocycles. The van der Waals surface area contributed by atoms with Crippen LogP contribution < -0.4 is 0 Å². The highest BCUT2D eigenvalue weighted by molar-refractivity contribution is 6.44. The summed E-state index contributed by atoms with van der Waals surface area (Å²) in [7, 11) is 0. The molecular weight excluding hydrogens is 428 g/mol. The number of aliphatic hydroxyl groups is 1. The summed E-state index contributed by atoms with van der Waals surface area (Å²) < 4.78 is 0. The topological polar surface area (TPSA) is 106 Å². The number of nitrogens with zero attached hydrogens (tertiary/aromatic N) is 5. The second-order valence-corrected chi connectivity index (χ2v) is 9.60. The molecule has 8 heteroatoms. The van der Waals surface area contributed by atoms with Crippen molar-refractivity contribution in [1.29, 1.82) is 0 Å². The summed E-state index contributed by atoms with van der Waals surface area (Å²) in [5.74, 6) is 0.204. The number of nitrogens with one attached hydrogen (secondary N) is 1. The molecule has 0 aliphatic carbocycles. The van der Waals surface area contributed by atoms with Crippen LogP contribution in [-0.4, -0.2) is 55.7 Å². The molecule has 1 aromatic heterocycles. The van der Waals surface area contributed by atoms with Crippen LogP contribution in [-0.2, 0) is 17.8 Å². The normalized spacial score (nSPS) is 17.9. The average Bonchev–Trinajstić information content (AvgIpc) is 3.44. The minimum absolute atomic E-state index is 0.102. The van der Waals surface area contributed by atoms with Gasteiger partial charge in [0.2, 0.25) is 0 Å². The highest BCUT2D eigenvalue weighted by Crippen LogP contribution is 2.26. The van der Waals surface area contributed by atoms with Crippen molar-refractivity contribution in [1.82, 2.24) is 14.9 Å². The van der Waals surface area contributed by atoms with E-state index in [1.54, 1.807) is 25.1 Å². The lowest BCUT2D eigenvalue weighted by atomic mass is 9.85. The second kappa shape index (κ2) is 10.9. The standard InChI is InChI=1S/C15H21N5O2.C11H15N/c1-4-9-12(18-19-13(9)15(2,3)22)14(21)20-6-5-10-11(7-20)17-8-16-10;1-9(2)8-12-11-7-5-4-6-10(11)3/h8-9,22H,4-7H2,1-3H3,(H,16,17);4-9H,1-3H3. The van der Waals surface area contributed by atoms with Gasteiger partial charge in [-0.1, -0.05) is 39.0 Å². The van der Waals surface area contributed by atoms with Gasteiger partial charge in [0.25, 0.3) is 5.91 Å². The van der Waals surface area contributed by atoms with Crippen molar-refractivity contribution in [3.63, 3.8) is 0 Å². The first-order chi connectivity index (χ1) is 16.1. The third-order valence-corrected chi connectivity index (χ3v) is 5.87. The van der Waals surface area contributed by atoms with E-state index in [4.69, 9.17) is 0 Å². The van der Waals surface area contributed by atoms with Gasteiger partial charge >= 0.3 is 0 Å². The molecule has 182 valence electrons. The Morgan fingerprint density at radius 1 is 1.32 bits per heavy atom. The third-order valence-electron chi connectivity index (χ3n) is 5.87. The number of carbonyl (C=O) groups excluding carboxylic acids is 1. The monoisotopic (exact) mass is 464 g/mol. The number of para-hydroxylation sites is 1. The molecule has 0 saturated heterocycles. The van der Waals surface area contributed by atoms with E-state index in [1.165, 1.54) is 5.56 Å². The summed E-state index contributed by atoms with van der Waals surface area (Å²) in [4.78, 5) is 26.3. The number of aliphatic imine (C=N–C) groups is 1. The zero-order valence-corrected chi connectivity index (χ0v) is 21.0. The number of hydrogen-bond donors (Lipinski definition) is 2. The first kappa shape index (κ1) is 25.5. The van der Waals surface area contributed by atoms with Crippen LogP contribution in [0.3, 0.4) is 0 Å². The predicted octanol–water partition coefficient (Wildman–Crippen LogP) is 4.26. The Kier molecular flexibility index (Phi) is 8.15. The fraction of sp³-hybridized carbons (Fsp3) is 0.500. The Morgan fingerprint density at radius 2 is 2.06 bits per heavy atom. The highest BCUT2D eigenvalue weighted by atomic mass is 16.3. The number of aromatic nitrogens is 2. The fourth-order valence-electron chi connectivity index (χ4n) is 3.99. The van der Waals surface area contributed by atoms with E-state index < -0.39 is 5.60 Å². The Hall–Kier alpha value is -3.13. The van der Waals surface area contributed by atoms with Gasteiger partial charge in [-0.05, 0) is 44.7 Å². The molecule has 8 nitrogen and oxygen atoms in total. The van der Waals surface area contributed by atoms with Crippen molar-refractivity contribution < 1.29 is 9.90 Å². The number of benzene rings is 1. The third kappa shape index (κ3) is 6.05.